The van der Waals surface area contributed by atoms with E-state index in [0.717, 1.165) is 53.3 Å². The molecule has 0 bridgehead atoms. The SMILES string of the molecule is CC.Cc1ccccc1-c1cc(NCCCN(C)Cc2cccc3ccccc23)n2ncc(Br)c2n1. The molecule has 0 spiro atoms. The summed E-state index contributed by atoms with van der Waals surface area (Å²) in [5, 5.41) is 10.7. The van der Waals surface area contributed by atoms with E-state index >= 15 is 0 Å². The van der Waals surface area contributed by atoms with E-state index in [2.05, 4.69) is 118 Å². The monoisotopic (exact) mass is 543 g/mol. The van der Waals surface area contributed by atoms with Gasteiger partial charge in [-0.15, -0.1) is 0 Å². The Labute approximate surface area is 222 Å². The van der Waals surface area contributed by atoms with E-state index < -0.39 is 0 Å². The number of halogens is 1. The van der Waals surface area contributed by atoms with Gasteiger partial charge in [0.1, 0.15) is 5.82 Å². The van der Waals surface area contributed by atoms with E-state index in [0.29, 0.717) is 0 Å². The maximum atomic E-state index is 4.86. The van der Waals surface area contributed by atoms with Crippen molar-refractivity contribution >= 4 is 38.2 Å². The molecule has 0 aliphatic carbocycles. The first kappa shape index (κ1) is 25.9. The number of aryl methyl sites for hydroxylation is 1. The van der Waals surface area contributed by atoms with Crippen molar-refractivity contribution in [2.24, 2.45) is 0 Å². The molecule has 0 saturated carbocycles. The van der Waals surface area contributed by atoms with Crippen LogP contribution in [0.1, 0.15) is 31.4 Å². The molecular weight excluding hydrogens is 510 g/mol. The Hall–Kier alpha value is -3.22. The first-order chi connectivity index (χ1) is 17.6. The molecule has 0 aliphatic rings. The number of hydrogen-bond donors (Lipinski definition) is 1. The zero-order valence-electron chi connectivity index (χ0n) is 21.5. The molecule has 0 unspecified atom stereocenters. The van der Waals surface area contributed by atoms with Crippen LogP contribution in [-0.2, 0) is 6.54 Å². The summed E-state index contributed by atoms with van der Waals surface area (Å²) in [7, 11) is 2.19. The molecule has 2 heterocycles. The molecule has 0 radical (unpaired) electrons. The van der Waals surface area contributed by atoms with Gasteiger partial charge in [-0.2, -0.15) is 9.61 Å². The summed E-state index contributed by atoms with van der Waals surface area (Å²) in [5.41, 5.74) is 5.47. The van der Waals surface area contributed by atoms with Crippen molar-refractivity contribution in [3.05, 3.63) is 94.6 Å². The molecule has 0 atom stereocenters. The minimum Gasteiger partial charge on any atom is -0.370 e. The van der Waals surface area contributed by atoms with Crippen molar-refractivity contribution in [3.63, 3.8) is 0 Å². The van der Waals surface area contributed by atoms with Crippen molar-refractivity contribution in [2.45, 2.75) is 33.7 Å². The number of benzene rings is 3. The van der Waals surface area contributed by atoms with Crippen LogP contribution in [0.15, 0.2) is 83.5 Å². The highest BCUT2D eigenvalue weighted by Gasteiger charge is 2.12. The van der Waals surface area contributed by atoms with Gasteiger partial charge in [-0.25, -0.2) is 4.98 Å². The number of nitrogens with zero attached hydrogens (tertiary/aromatic N) is 4. The predicted octanol–water partition coefficient (Wildman–Crippen LogP) is 7.58. The fourth-order valence-electron chi connectivity index (χ4n) is 4.43. The number of hydrogen-bond acceptors (Lipinski definition) is 4. The molecule has 6 heteroatoms. The Bertz CT molecular complexity index is 1440. The zero-order valence-corrected chi connectivity index (χ0v) is 23.1. The largest absolute Gasteiger partial charge is 0.370 e. The van der Waals surface area contributed by atoms with Crippen LogP contribution in [0.5, 0.6) is 0 Å². The van der Waals surface area contributed by atoms with Crippen molar-refractivity contribution in [1.82, 2.24) is 19.5 Å². The van der Waals surface area contributed by atoms with Gasteiger partial charge in [-0.1, -0.05) is 80.6 Å². The highest BCUT2D eigenvalue weighted by Crippen LogP contribution is 2.27. The third-order valence-corrected chi connectivity index (χ3v) is 6.75. The molecule has 5 rings (SSSR count). The molecule has 36 heavy (non-hydrogen) atoms. The third kappa shape index (κ3) is 5.77. The summed E-state index contributed by atoms with van der Waals surface area (Å²) in [6, 6.07) is 25.6. The topological polar surface area (TPSA) is 45.5 Å². The van der Waals surface area contributed by atoms with Crippen molar-refractivity contribution in [1.29, 1.82) is 0 Å². The minimum absolute atomic E-state index is 0.816. The van der Waals surface area contributed by atoms with Crippen LogP contribution in [0, 0.1) is 6.92 Å². The summed E-state index contributed by atoms with van der Waals surface area (Å²) in [6.07, 6.45) is 2.82. The molecule has 1 N–H and O–H groups in total. The molecule has 5 aromatic rings. The van der Waals surface area contributed by atoms with Crippen molar-refractivity contribution in [3.8, 4) is 11.3 Å². The van der Waals surface area contributed by atoms with E-state index in [1.165, 1.54) is 21.9 Å². The Morgan fingerprint density at radius 3 is 2.56 bits per heavy atom. The maximum absolute atomic E-state index is 4.86. The van der Waals surface area contributed by atoms with E-state index in [9.17, 15) is 0 Å². The van der Waals surface area contributed by atoms with Crippen molar-refractivity contribution in [2.75, 3.05) is 25.5 Å². The molecule has 2 aromatic heterocycles. The van der Waals surface area contributed by atoms with Crippen LogP contribution in [-0.4, -0.2) is 39.6 Å². The van der Waals surface area contributed by atoms with Gasteiger partial charge in [-0.05, 0) is 64.8 Å². The molecule has 186 valence electrons. The summed E-state index contributed by atoms with van der Waals surface area (Å²) >= 11 is 3.60. The first-order valence-electron chi connectivity index (χ1n) is 12.6. The average molecular weight is 545 g/mol. The van der Waals surface area contributed by atoms with Gasteiger partial charge in [0.05, 0.1) is 16.4 Å². The van der Waals surface area contributed by atoms with Crippen LogP contribution >= 0.6 is 15.9 Å². The smallest absolute Gasteiger partial charge is 0.172 e. The van der Waals surface area contributed by atoms with E-state index in [-0.39, 0.29) is 0 Å². The van der Waals surface area contributed by atoms with Crippen LogP contribution < -0.4 is 5.32 Å². The van der Waals surface area contributed by atoms with Gasteiger partial charge < -0.3 is 10.2 Å². The molecule has 0 fully saturated rings. The van der Waals surface area contributed by atoms with E-state index in [1.807, 2.05) is 18.4 Å². The minimum atomic E-state index is 0.816. The Kier molecular flexibility index (Phi) is 8.73. The second-order valence-corrected chi connectivity index (χ2v) is 9.58. The highest BCUT2D eigenvalue weighted by atomic mass is 79.9. The molecule has 0 aliphatic heterocycles. The van der Waals surface area contributed by atoms with Gasteiger partial charge in [0.15, 0.2) is 5.65 Å². The lowest BCUT2D eigenvalue weighted by Crippen LogP contribution is -2.21. The summed E-state index contributed by atoms with van der Waals surface area (Å²) < 4.78 is 2.76. The number of anilines is 1. The summed E-state index contributed by atoms with van der Waals surface area (Å²) in [4.78, 5) is 7.24. The Balaban J connectivity index is 0.00000148. The number of nitrogens with one attached hydrogen (secondary N) is 1. The molecule has 0 amide bonds. The predicted molar refractivity (Wildman–Crippen MR) is 156 cm³/mol. The van der Waals surface area contributed by atoms with Crippen molar-refractivity contribution < 1.29 is 0 Å². The quantitative estimate of drug-likeness (QED) is 0.205. The maximum Gasteiger partial charge on any atom is 0.172 e. The van der Waals surface area contributed by atoms with Crippen LogP contribution in [0.2, 0.25) is 0 Å². The van der Waals surface area contributed by atoms with E-state index in [1.54, 1.807) is 6.20 Å². The lowest BCUT2D eigenvalue weighted by Gasteiger charge is -2.18. The second-order valence-electron chi connectivity index (χ2n) is 8.73. The summed E-state index contributed by atoms with van der Waals surface area (Å²) in [5.74, 6) is 0.950. The average Bonchev–Trinajstić information content (AvgIpc) is 3.29. The molecule has 5 nitrogen and oxygen atoms in total. The second kappa shape index (κ2) is 12.2. The number of fused-ring (bicyclic) bond motifs is 2. The van der Waals surface area contributed by atoms with Gasteiger partial charge in [0, 0.05) is 24.7 Å². The lowest BCUT2D eigenvalue weighted by atomic mass is 10.0. The van der Waals surface area contributed by atoms with Crippen LogP contribution in [0.4, 0.5) is 5.82 Å². The summed E-state index contributed by atoms with van der Waals surface area (Å²) in [6.45, 7) is 8.90. The molecule has 3 aromatic carbocycles. The van der Waals surface area contributed by atoms with Crippen LogP contribution in [0.25, 0.3) is 27.7 Å². The van der Waals surface area contributed by atoms with Gasteiger partial charge in [0.2, 0.25) is 0 Å². The fraction of sp³-hybridized carbons (Fsp3) is 0.267. The molecule has 0 saturated heterocycles. The standard InChI is InChI=1S/C28H28BrN5.C2H6/c1-20-9-3-5-13-23(20)26-17-27(34-28(32-26)25(29)18-31-34)30-15-8-16-33(2)19-22-12-7-11-21-10-4-6-14-24(21)22;1-2/h3-7,9-14,17-18,30H,8,15-16,19H2,1-2H3;1-2H3. The highest BCUT2D eigenvalue weighted by molar-refractivity contribution is 9.10. The van der Waals surface area contributed by atoms with Gasteiger partial charge >= 0.3 is 0 Å². The first-order valence-corrected chi connectivity index (χ1v) is 13.4. The van der Waals surface area contributed by atoms with Crippen LogP contribution in [0.3, 0.4) is 0 Å². The Morgan fingerprint density at radius 1 is 0.972 bits per heavy atom. The number of rotatable bonds is 8. The van der Waals surface area contributed by atoms with Gasteiger partial charge in [0.25, 0.3) is 0 Å². The Morgan fingerprint density at radius 2 is 1.72 bits per heavy atom. The third-order valence-electron chi connectivity index (χ3n) is 6.19. The van der Waals surface area contributed by atoms with E-state index in [4.69, 9.17) is 4.98 Å². The molecular formula is C30H34BrN5. The lowest BCUT2D eigenvalue weighted by molar-refractivity contribution is 0.326. The van der Waals surface area contributed by atoms with Gasteiger partial charge in [-0.3, -0.25) is 0 Å². The normalized spacial score (nSPS) is 11.1. The zero-order chi connectivity index (χ0) is 25.5. The number of aromatic nitrogens is 3. The fourth-order valence-corrected chi connectivity index (χ4v) is 4.77.